The first-order valence-corrected chi connectivity index (χ1v) is 9.08. The fourth-order valence-corrected chi connectivity index (χ4v) is 2.40. The van der Waals surface area contributed by atoms with Crippen LogP contribution in [0, 0.1) is 11.3 Å². The van der Waals surface area contributed by atoms with Crippen molar-refractivity contribution >= 4 is 29.2 Å². The topological polar surface area (TPSA) is 92.4 Å². The summed E-state index contributed by atoms with van der Waals surface area (Å²) in [7, 11) is 0. The Morgan fingerprint density at radius 2 is 1.79 bits per heavy atom. The SMILES string of the molecule is CC(Oc1ccc(Oc2ccc(Cl)cc2Cl)cc1)C(=O)O.N#Cc1ccccn1. The number of carbonyl (C=O) groups is 1. The Hall–Kier alpha value is -3.27. The van der Waals surface area contributed by atoms with Crippen LogP contribution in [-0.2, 0) is 4.79 Å². The van der Waals surface area contributed by atoms with Gasteiger partial charge in [-0.25, -0.2) is 9.78 Å². The van der Waals surface area contributed by atoms with E-state index in [-0.39, 0.29) is 0 Å². The van der Waals surface area contributed by atoms with E-state index in [1.54, 1.807) is 66.9 Å². The average Bonchev–Trinajstić information content (AvgIpc) is 2.72. The fourth-order valence-electron chi connectivity index (χ4n) is 1.95. The van der Waals surface area contributed by atoms with Crippen molar-refractivity contribution in [1.82, 2.24) is 4.98 Å². The number of halogens is 2. The van der Waals surface area contributed by atoms with Crippen molar-refractivity contribution in [1.29, 1.82) is 5.26 Å². The van der Waals surface area contributed by atoms with Gasteiger partial charge in [-0.15, -0.1) is 0 Å². The number of aromatic nitrogens is 1. The molecule has 1 aromatic heterocycles. The largest absolute Gasteiger partial charge is 0.479 e. The van der Waals surface area contributed by atoms with Crippen molar-refractivity contribution in [2.45, 2.75) is 13.0 Å². The van der Waals surface area contributed by atoms with Gasteiger partial charge in [-0.1, -0.05) is 29.3 Å². The zero-order chi connectivity index (χ0) is 21.2. The van der Waals surface area contributed by atoms with E-state index < -0.39 is 12.1 Å². The second-order valence-corrected chi connectivity index (χ2v) is 6.42. The summed E-state index contributed by atoms with van der Waals surface area (Å²) >= 11 is 11.8. The molecule has 2 aromatic carbocycles. The predicted octanol–water partition coefficient (Wildman–Crippen LogP) is 5.59. The van der Waals surface area contributed by atoms with Gasteiger partial charge in [-0.3, -0.25) is 0 Å². The minimum absolute atomic E-state index is 0.405. The van der Waals surface area contributed by atoms with E-state index in [0.717, 1.165) is 0 Å². The molecule has 148 valence electrons. The van der Waals surface area contributed by atoms with Crippen molar-refractivity contribution in [2.75, 3.05) is 0 Å². The highest BCUT2D eigenvalue weighted by Gasteiger charge is 2.12. The van der Waals surface area contributed by atoms with E-state index in [4.69, 9.17) is 43.0 Å². The van der Waals surface area contributed by atoms with Gasteiger partial charge in [0.05, 0.1) is 5.02 Å². The highest BCUT2D eigenvalue weighted by atomic mass is 35.5. The van der Waals surface area contributed by atoms with Crippen molar-refractivity contribution in [2.24, 2.45) is 0 Å². The number of carboxylic acids is 1. The molecule has 0 fully saturated rings. The van der Waals surface area contributed by atoms with Gasteiger partial charge < -0.3 is 14.6 Å². The number of benzene rings is 2. The first kappa shape index (κ1) is 22.0. The Labute approximate surface area is 177 Å². The molecule has 1 heterocycles. The van der Waals surface area contributed by atoms with Crippen molar-refractivity contribution in [3.8, 4) is 23.3 Å². The first-order valence-electron chi connectivity index (χ1n) is 8.32. The number of aliphatic carboxylic acids is 1. The van der Waals surface area contributed by atoms with Crippen LogP contribution in [0.2, 0.25) is 10.0 Å². The van der Waals surface area contributed by atoms with E-state index in [0.29, 0.717) is 33.0 Å². The summed E-state index contributed by atoms with van der Waals surface area (Å²) < 4.78 is 10.8. The summed E-state index contributed by atoms with van der Waals surface area (Å²) in [5.74, 6) is 0.450. The van der Waals surface area contributed by atoms with Gasteiger partial charge in [-0.05, 0) is 61.5 Å². The van der Waals surface area contributed by atoms with Crippen LogP contribution in [-0.4, -0.2) is 22.2 Å². The van der Waals surface area contributed by atoms with Crippen LogP contribution in [0.15, 0.2) is 66.9 Å². The number of rotatable bonds is 5. The first-order chi connectivity index (χ1) is 13.9. The summed E-state index contributed by atoms with van der Waals surface area (Å²) in [6.45, 7) is 1.46. The lowest BCUT2D eigenvalue weighted by atomic mass is 10.3. The Bertz CT molecular complexity index is 990. The van der Waals surface area contributed by atoms with E-state index in [1.807, 2.05) is 6.07 Å². The molecule has 3 aromatic rings. The molecule has 0 saturated heterocycles. The minimum Gasteiger partial charge on any atom is -0.479 e. The molecule has 1 atom stereocenters. The lowest BCUT2D eigenvalue weighted by Crippen LogP contribution is -2.22. The van der Waals surface area contributed by atoms with Crippen LogP contribution >= 0.6 is 23.2 Å². The summed E-state index contributed by atoms with van der Waals surface area (Å²) in [4.78, 5) is 14.4. The predicted molar refractivity (Wildman–Crippen MR) is 110 cm³/mol. The van der Waals surface area contributed by atoms with Crippen LogP contribution in [0.3, 0.4) is 0 Å². The Morgan fingerprint density at radius 3 is 2.31 bits per heavy atom. The summed E-state index contributed by atoms with van der Waals surface area (Å²) in [5, 5.41) is 17.9. The molecular formula is C21H16Cl2N2O4. The third-order valence-corrected chi connectivity index (χ3v) is 3.92. The summed E-state index contributed by atoms with van der Waals surface area (Å²) in [6.07, 6.45) is 0.681. The second kappa shape index (κ2) is 10.9. The van der Waals surface area contributed by atoms with Gasteiger partial charge >= 0.3 is 5.97 Å². The molecule has 1 N–H and O–H groups in total. The standard InChI is InChI=1S/C15H12Cl2O4.C6H4N2/c1-9(15(18)19)20-11-3-5-12(6-4-11)21-14-7-2-10(16)8-13(14)17;7-5-6-3-1-2-4-8-6/h2-9H,1H3,(H,18,19);1-4H. The van der Waals surface area contributed by atoms with Crippen LogP contribution in [0.1, 0.15) is 12.6 Å². The second-order valence-electron chi connectivity index (χ2n) is 5.57. The molecule has 29 heavy (non-hydrogen) atoms. The summed E-state index contributed by atoms with van der Waals surface area (Å²) in [5.41, 5.74) is 0.465. The average molecular weight is 431 g/mol. The lowest BCUT2D eigenvalue weighted by Gasteiger charge is -2.11. The van der Waals surface area contributed by atoms with Gasteiger partial charge in [0.15, 0.2) is 6.10 Å². The van der Waals surface area contributed by atoms with Gasteiger partial charge in [-0.2, -0.15) is 5.26 Å². The fraction of sp³-hybridized carbons (Fsp3) is 0.0952. The minimum atomic E-state index is -1.02. The Kier molecular flexibility index (Phi) is 8.28. The molecule has 3 rings (SSSR count). The number of nitrogens with zero attached hydrogens (tertiary/aromatic N) is 2. The maximum Gasteiger partial charge on any atom is 0.344 e. The number of carboxylic acid groups (broad SMARTS) is 1. The zero-order valence-electron chi connectivity index (χ0n) is 15.3. The van der Waals surface area contributed by atoms with Crippen LogP contribution in [0.5, 0.6) is 17.2 Å². The molecule has 8 heteroatoms. The van der Waals surface area contributed by atoms with Crippen molar-refractivity contribution < 1.29 is 19.4 Å². The van der Waals surface area contributed by atoms with E-state index in [9.17, 15) is 4.79 Å². The molecular weight excluding hydrogens is 415 g/mol. The number of hydrogen-bond donors (Lipinski definition) is 1. The molecule has 0 saturated carbocycles. The highest BCUT2D eigenvalue weighted by Crippen LogP contribution is 2.32. The number of ether oxygens (including phenoxy) is 2. The Balaban J connectivity index is 0.000000313. The molecule has 6 nitrogen and oxygen atoms in total. The monoisotopic (exact) mass is 430 g/mol. The molecule has 0 amide bonds. The van der Waals surface area contributed by atoms with Crippen molar-refractivity contribution in [3.63, 3.8) is 0 Å². The number of hydrogen-bond acceptors (Lipinski definition) is 5. The van der Waals surface area contributed by atoms with Crippen molar-refractivity contribution in [3.05, 3.63) is 82.6 Å². The Morgan fingerprint density at radius 1 is 1.10 bits per heavy atom. The number of nitriles is 1. The van der Waals surface area contributed by atoms with E-state index >= 15 is 0 Å². The maximum absolute atomic E-state index is 10.7. The van der Waals surface area contributed by atoms with E-state index in [1.165, 1.54) is 6.92 Å². The van der Waals surface area contributed by atoms with Gasteiger partial charge in [0.2, 0.25) is 0 Å². The number of pyridine rings is 1. The van der Waals surface area contributed by atoms with Gasteiger partial charge in [0.25, 0.3) is 0 Å². The summed E-state index contributed by atoms with van der Waals surface area (Å²) in [6, 6.07) is 18.6. The maximum atomic E-state index is 10.7. The molecule has 0 aliphatic heterocycles. The third kappa shape index (κ3) is 7.34. The lowest BCUT2D eigenvalue weighted by molar-refractivity contribution is -0.144. The van der Waals surface area contributed by atoms with Crippen LogP contribution in [0.25, 0.3) is 0 Å². The molecule has 0 bridgehead atoms. The normalized spacial score (nSPS) is 10.7. The molecule has 0 spiro atoms. The molecule has 0 aliphatic rings. The zero-order valence-corrected chi connectivity index (χ0v) is 16.8. The van der Waals surface area contributed by atoms with Crippen LogP contribution < -0.4 is 9.47 Å². The third-order valence-electron chi connectivity index (χ3n) is 3.39. The van der Waals surface area contributed by atoms with E-state index in [2.05, 4.69) is 4.98 Å². The highest BCUT2D eigenvalue weighted by molar-refractivity contribution is 6.35. The molecule has 0 radical (unpaired) electrons. The van der Waals surface area contributed by atoms with Gasteiger partial charge in [0.1, 0.15) is 29.0 Å². The molecule has 0 aliphatic carbocycles. The van der Waals surface area contributed by atoms with Gasteiger partial charge in [0, 0.05) is 11.2 Å². The molecule has 1 unspecified atom stereocenters. The van der Waals surface area contributed by atoms with Crippen LogP contribution in [0.4, 0.5) is 0 Å². The smallest absolute Gasteiger partial charge is 0.344 e. The quantitative estimate of drug-likeness (QED) is 0.566.